The van der Waals surface area contributed by atoms with Crippen molar-refractivity contribution in [1.82, 2.24) is 10.3 Å². The summed E-state index contributed by atoms with van der Waals surface area (Å²) in [5, 5.41) is 7.57. The Hall–Kier alpha value is -2.08. The fourth-order valence-electron chi connectivity index (χ4n) is 1.65. The van der Waals surface area contributed by atoms with E-state index in [-0.39, 0.29) is 12.8 Å². The van der Waals surface area contributed by atoms with E-state index in [4.69, 9.17) is 4.74 Å². The Balaban J connectivity index is 1.71. The van der Waals surface area contributed by atoms with Crippen LogP contribution in [0.2, 0.25) is 0 Å². The summed E-state index contributed by atoms with van der Waals surface area (Å²) in [7, 11) is 0. The predicted octanol–water partition coefficient (Wildman–Crippen LogP) is 3.25. The van der Waals surface area contributed by atoms with Gasteiger partial charge in [0.15, 0.2) is 11.9 Å². The number of hydrogen-bond acceptors (Lipinski definition) is 4. The maximum atomic E-state index is 11.5. The zero-order valence-corrected chi connectivity index (χ0v) is 12.1. The molecule has 1 heterocycles. The van der Waals surface area contributed by atoms with Crippen molar-refractivity contribution in [2.75, 3.05) is 12.0 Å². The molecule has 6 heteroatoms. The summed E-state index contributed by atoms with van der Waals surface area (Å²) < 4.78 is 5.44. The molecule has 1 aromatic carbocycles. The van der Waals surface area contributed by atoms with Gasteiger partial charge in [-0.15, -0.1) is 11.3 Å². The van der Waals surface area contributed by atoms with Gasteiger partial charge in [-0.25, -0.2) is 9.78 Å². The monoisotopic (exact) mass is 291 g/mol. The summed E-state index contributed by atoms with van der Waals surface area (Å²) in [6.45, 7) is 2.26. The summed E-state index contributed by atoms with van der Waals surface area (Å²) in [6, 6.07) is 7.56. The van der Waals surface area contributed by atoms with E-state index >= 15 is 0 Å². The summed E-state index contributed by atoms with van der Waals surface area (Å²) >= 11 is 1.36. The molecule has 0 bridgehead atoms. The first-order valence-electron chi connectivity index (χ1n) is 6.44. The second kappa shape index (κ2) is 7.49. The number of rotatable bonds is 6. The van der Waals surface area contributed by atoms with Crippen molar-refractivity contribution in [2.45, 2.75) is 19.8 Å². The van der Waals surface area contributed by atoms with Gasteiger partial charge in [0, 0.05) is 11.6 Å². The van der Waals surface area contributed by atoms with Crippen LogP contribution in [-0.2, 0) is 6.42 Å². The molecule has 0 aliphatic carbocycles. The van der Waals surface area contributed by atoms with Crippen LogP contribution in [0.3, 0.4) is 0 Å². The van der Waals surface area contributed by atoms with Crippen LogP contribution in [0.15, 0.2) is 35.8 Å². The number of hydrogen-bond donors (Lipinski definition) is 2. The average molecular weight is 291 g/mol. The van der Waals surface area contributed by atoms with Gasteiger partial charge >= 0.3 is 6.03 Å². The smallest absolute Gasteiger partial charge is 0.323 e. The fraction of sp³-hybridized carbons (Fsp3) is 0.286. The summed E-state index contributed by atoms with van der Waals surface area (Å²) in [4.78, 5) is 15.5. The maximum Gasteiger partial charge on any atom is 0.323 e. The van der Waals surface area contributed by atoms with E-state index in [9.17, 15) is 4.79 Å². The Morgan fingerprint density at radius 1 is 1.35 bits per heavy atom. The number of ether oxygens (including phenoxy) is 1. The van der Waals surface area contributed by atoms with Gasteiger partial charge in [0.05, 0.1) is 0 Å². The topological polar surface area (TPSA) is 63.2 Å². The van der Waals surface area contributed by atoms with E-state index in [2.05, 4.69) is 22.5 Å². The number of aromatic nitrogens is 1. The number of carbonyl (C=O) groups is 1. The highest BCUT2D eigenvalue weighted by Gasteiger charge is 2.02. The average Bonchev–Trinajstić information content (AvgIpc) is 2.94. The molecule has 0 aliphatic heterocycles. The van der Waals surface area contributed by atoms with Gasteiger partial charge in [-0.1, -0.05) is 25.5 Å². The third kappa shape index (κ3) is 4.55. The predicted molar refractivity (Wildman–Crippen MR) is 80.2 cm³/mol. The number of thiazole rings is 1. The van der Waals surface area contributed by atoms with Gasteiger partial charge in [-0.2, -0.15) is 0 Å². The lowest BCUT2D eigenvalue weighted by atomic mass is 10.1. The number of amides is 2. The largest absolute Gasteiger partial charge is 0.473 e. The van der Waals surface area contributed by atoms with Crippen LogP contribution in [-0.4, -0.2) is 17.7 Å². The molecular weight excluding hydrogens is 274 g/mol. The molecule has 0 radical (unpaired) electrons. The van der Waals surface area contributed by atoms with Crippen LogP contribution >= 0.6 is 11.3 Å². The Morgan fingerprint density at radius 3 is 2.80 bits per heavy atom. The molecule has 2 amide bonds. The normalized spacial score (nSPS) is 10.1. The second-order valence-electron chi connectivity index (χ2n) is 4.15. The second-order valence-corrected chi connectivity index (χ2v) is 5.05. The Kier molecular flexibility index (Phi) is 5.37. The van der Waals surface area contributed by atoms with E-state index in [0.717, 1.165) is 18.6 Å². The highest BCUT2D eigenvalue weighted by Crippen LogP contribution is 2.13. The molecule has 0 spiro atoms. The van der Waals surface area contributed by atoms with Gasteiger partial charge in [0.25, 0.3) is 0 Å². The SMILES string of the molecule is CCCc1ccc(OCNC(=O)Nc2nccs2)cc1. The van der Waals surface area contributed by atoms with E-state index < -0.39 is 0 Å². The Labute approximate surface area is 122 Å². The first-order valence-corrected chi connectivity index (χ1v) is 7.32. The van der Waals surface area contributed by atoms with Crippen LogP contribution in [0.1, 0.15) is 18.9 Å². The van der Waals surface area contributed by atoms with Gasteiger partial charge in [-0.3, -0.25) is 5.32 Å². The molecule has 106 valence electrons. The highest BCUT2D eigenvalue weighted by atomic mass is 32.1. The van der Waals surface area contributed by atoms with Gasteiger partial charge in [0.1, 0.15) is 5.75 Å². The fourth-order valence-corrected chi connectivity index (χ4v) is 2.18. The number of aryl methyl sites for hydroxylation is 1. The zero-order chi connectivity index (χ0) is 14.2. The highest BCUT2D eigenvalue weighted by molar-refractivity contribution is 7.13. The minimum Gasteiger partial charge on any atom is -0.473 e. The molecule has 0 saturated heterocycles. The minimum absolute atomic E-state index is 0.115. The zero-order valence-electron chi connectivity index (χ0n) is 11.3. The third-order valence-corrected chi connectivity index (χ3v) is 3.27. The van der Waals surface area contributed by atoms with Crippen molar-refractivity contribution in [3.63, 3.8) is 0 Å². The molecule has 5 nitrogen and oxygen atoms in total. The van der Waals surface area contributed by atoms with Crippen molar-refractivity contribution in [1.29, 1.82) is 0 Å². The third-order valence-electron chi connectivity index (χ3n) is 2.59. The quantitative estimate of drug-likeness (QED) is 0.803. The van der Waals surface area contributed by atoms with E-state index in [1.807, 2.05) is 24.3 Å². The van der Waals surface area contributed by atoms with Gasteiger partial charge < -0.3 is 10.1 Å². The first-order chi connectivity index (χ1) is 9.78. The molecule has 0 atom stereocenters. The summed E-state index contributed by atoms with van der Waals surface area (Å²) in [6.07, 6.45) is 3.82. The minimum atomic E-state index is -0.331. The first kappa shape index (κ1) is 14.3. The molecule has 0 unspecified atom stereocenters. The number of carbonyl (C=O) groups excluding carboxylic acids is 1. The van der Waals surface area contributed by atoms with Crippen molar-refractivity contribution in [3.8, 4) is 5.75 Å². The van der Waals surface area contributed by atoms with E-state index in [1.165, 1.54) is 16.9 Å². The molecule has 0 fully saturated rings. The molecule has 0 aliphatic rings. The van der Waals surface area contributed by atoms with Crippen LogP contribution in [0, 0.1) is 0 Å². The number of benzene rings is 1. The molecule has 2 rings (SSSR count). The van der Waals surface area contributed by atoms with Gasteiger partial charge in [0.2, 0.25) is 0 Å². The lowest BCUT2D eigenvalue weighted by molar-refractivity contribution is 0.234. The van der Waals surface area contributed by atoms with Crippen molar-refractivity contribution < 1.29 is 9.53 Å². The number of urea groups is 1. The van der Waals surface area contributed by atoms with E-state index in [1.54, 1.807) is 11.6 Å². The number of nitrogens with one attached hydrogen (secondary N) is 2. The lowest BCUT2D eigenvalue weighted by Gasteiger charge is -2.08. The van der Waals surface area contributed by atoms with Crippen molar-refractivity contribution in [2.24, 2.45) is 0 Å². The van der Waals surface area contributed by atoms with Crippen LogP contribution in [0.4, 0.5) is 9.93 Å². The van der Waals surface area contributed by atoms with Crippen LogP contribution in [0.25, 0.3) is 0 Å². The number of nitrogens with zero attached hydrogens (tertiary/aromatic N) is 1. The Morgan fingerprint density at radius 2 is 2.15 bits per heavy atom. The molecule has 2 N–H and O–H groups in total. The van der Waals surface area contributed by atoms with Crippen molar-refractivity contribution in [3.05, 3.63) is 41.4 Å². The Bertz CT molecular complexity index is 526. The van der Waals surface area contributed by atoms with Gasteiger partial charge in [-0.05, 0) is 24.1 Å². The number of anilines is 1. The molecular formula is C14H17N3O2S. The standard InChI is InChI=1S/C14H17N3O2S/c1-2-3-11-4-6-12(7-5-11)19-10-16-13(18)17-14-15-8-9-20-14/h4-9H,2-3,10H2,1H3,(H2,15,16,17,18). The van der Waals surface area contributed by atoms with Crippen LogP contribution < -0.4 is 15.4 Å². The van der Waals surface area contributed by atoms with Crippen LogP contribution in [0.5, 0.6) is 5.75 Å². The van der Waals surface area contributed by atoms with E-state index in [0.29, 0.717) is 5.13 Å². The van der Waals surface area contributed by atoms with Crippen molar-refractivity contribution >= 4 is 22.5 Å². The maximum absolute atomic E-state index is 11.5. The summed E-state index contributed by atoms with van der Waals surface area (Å²) in [5.74, 6) is 0.736. The molecule has 1 aromatic heterocycles. The summed E-state index contributed by atoms with van der Waals surface area (Å²) in [5.41, 5.74) is 1.29. The molecule has 20 heavy (non-hydrogen) atoms. The molecule has 0 saturated carbocycles. The lowest BCUT2D eigenvalue weighted by Crippen LogP contribution is -2.31. The molecule has 2 aromatic rings.